The van der Waals surface area contributed by atoms with Crippen molar-refractivity contribution < 1.29 is 0 Å². The Labute approximate surface area is 109 Å². The molecule has 0 saturated heterocycles. The van der Waals surface area contributed by atoms with E-state index >= 15 is 0 Å². The molecular formula is C13H23N5. The molecule has 1 aromatic heterocycles. The molecule has 0 spiro atoms. The first-order valence-electron chi connectivity index (χ1n) is 6.74. The van der Waals surface area contributed by atoms with Gasteiger partial charge in [0.2, 0.25) is 0 Å². The summed E-state index contributed by atoms with van der Waals surface area (Å²) in [6.07, 6.45) is 4.91. The molecule has 1 saturated carbocycles. The van der Waals surface area contributed by atoms with Crippen molar-refractivity contribution in [3.05, 3.63) is 11.9 Å². The maximum absolute atomic E-state index is 5.48. The van der Waals surface area contributed by atoms with Crippen LogP contribution in [0.2, 0.25) is 0 Å². The van der Waals surface area contributed by atoms with Crippen LogP contribution in [0, 0.1) is 11.8 Å². The normalized spacial score (nSPS) is 27.2. The molecule has 18 heavy (non-hydrogen) atoms. The minimum Gasteiger partial charge on any atom is -0.367 e. The summed E-state index contributed by atoms with van der Waals surface area (Å²) >= 11 is 0. The smallest absolute Gasteiger partial charge is 0.148 e. The van der Waals surface area contributed by atoms with Gasteiger partial charge in [-0.1, -0.05) is 20.8 Å². The molecule has 0 bridgehead atoms. The van der Waals surface area contributed by atoms with E-state index in [9.17, 15) is 0 Å². The van der Waals surface area contributed by atoms with E-state index in [2.05, 4.69) is 41.5 Å². The number of hydrogen-bond acceptors (Lipinski definition) is 5. The SMILES string of the molecule is CCc1c(NN)ncnc1NC1CCC(C)C1C. The minimum atomic E-state index is 0.505. The second-order valence-electron chi connectivity index (χ2n) is 5.21. The fourth-order valence-electron chi connectivity index (χ4n) is 2.74. The summed E-state index contributed by atoms with van der Waals surface area (Å²) < 4.78 is 0. The van der Waals surface area contributed by atoms with Crippen molar-refractivity contribution in [1.82, 2.24) is 9.97 Å². The van der Waals surface area contributed by atoms with Crippen molar-refractivity contribution in [3.8, 4) is 0 Å². The van der Waals surface area contributed by atoms with Gasteiger partial charge in [0.25, 0.3) is 0 Å². The van der Waals surface area contributed by atoms with Crippen LogP contribution in [0.5, 0.6) is 0 Å². The van der Waals surface area contributed by atoms with Gasteiger partial charge in [0, 0.05) is 11.6 Å². The molecule has 100 valence electrons. The van der Waals surface area contributed by atoms with Crippen LogP contribution in [-0.2, 0) is 6.42 Å². The Morgan fingerprint density at radius 1 is 1.28 bits per heavy atom. The van der Waals surface area contributed by atoms with Crippen molar-refractivity contribution in [2.75, 3.05) is 10.7 Å². The number of rotatable bonds is 4. The van der Waals surface area contributed by atoms with E-state index in [0.29, 0.717) is 17.8 Å². The van der Waals surface area contributed by atoms with Crippen LogP contribution in [0.4, 0.5) is 11.6 Å². The molecule has 0 aromatic carbocycles. The van der Waals surface area contributed by atoms with E-state index in [1.165, 1.54) is 12.8 Å². The van der Waals surface area contributed by atoms with Gasteiger partial charge in [-0.2, -0.15) is 0 Å². The molecule has 0 aliphatic heterocycles. The Balaban J connectivity index is 2.19. The lowest BCUT2D eigenvalue weighted by Gasteiger charge is -2.22. The fraction of sp³-hybridized carbons (Fsp3) is 0.692. The highest BCUT2D eigenvalue weighted by Gasteiger charge is 2.30. The van der Waals surface area contributed by atoms with E-state index in [1.54, 1.807) is 6.33 Å². The zero-order valence-electron chi connectivity index (χ0n) is 11.4. The molecule has 0 amide bonds. The summed E-state index contributed by atoms with van der Waals surface area (Å²) in [5.41, 5.74) is 3.70. The standard InChI is InChI=1S/C13H23N5/c1-4-10-12(15-7-16-13(10)18-14)17-11-6-5-8(2)9(11)3/h7-9,11H,4-6,14H2,1-3H3,(H2,15,16,17,18). The van der Waals surface area contributed by atoms with Crippen LogP contribution in [-0.4, -0.2) is 16.0 Å². The van der Waals surface area contributed by atoms with Gasteiger partial charge in [0.15, 0.2) is 0 Å². The number of aromatic nitrogens is 2. The minimum absolute atomic E-state index is 0.505. The Kier molecular flexibility index (Phi) is 4.01. The van der Waals surface area contributed by atoms with Crippen molar-refractivity contribution in [3.63, 3.8) is 0 Å². The zero-order valence-corrected chi connectivity index (χ0v) is 11.4. The number of hydrogen-bond donors (Lipinski definition) is 3. The zero-order chi connectivity index (χ0) is 13.1. The van der Waals surface area contributed by atoms with Gasteiger partial charge in [0.05, 0.1) is 0 Å². The van der Waals surface area contributed by atoms with Crippen LogP contribution in [0.25, 0.3) is 0 Å². The van der Waals surface area contributed by atoms with Gasteiger partial charge in [-0.3, -0.25) is 0 Å². The van der Waals surface area contributed by atoms with Crippen molar-refractivity contribution in [2.24, 2.45) is 17.7 Å². The highest BCUT2D eigenvalue weighted by Crippen LogP contribution is 2.34. The lowest BCUT2D eigenvalue weighted by molar-refractivity contribution is 0.435. The van der Waals surface area contributed by atoms with Gasteiger partial charge < -0.3 is 10.7 Å². The molecule has 1 aliphatic rings. The molecule has 1 aromatic rings. The van der Waals surface area contributed by atoms with E-state index in [4.69, 9.17) is 5.84 Å². The summed E-state index contributed by atoms with van der Waals surface area (Å²) in [6, 6.07) is 0.505. The lowest BCUT2D eigenvalue weighted by Crippen LogP contribution is -2.26. The first-order valence-corrected chi connectivity index (χ1v) is 6.74. The molecule has 5 heteroatoms. The highest BCUT2D eigenvalue weighted by molar-refractivity contribution is 5.57. The molecule has 3 unspecified atom stereocenters. The topological polar surface area (TPSA) is 75.9 Å². The molecule has 1 heterocycles. The van der Waals surface area contributed by atoms with Gasteiger partial charge >= 0.3 is 0 Å². The Bertz CT molecular complexity index is 406. The second-order valence-corrected chi connectivity index (χ2v) is 5.21. The number of nitrogens with one attached hydrogen (secondary N) is 2. The third-order valence-corrected chi connectivity index (χ3v) is 4.22. The number of nitrogen functional groups attached to an aromatic ring is 1. The molecular weight excluding hydrogens is 226 g/mol. The summed E-state index contributed by atoms with van der Waals surface area (Å²) in [7, 11) is 0. The molecule has 4 N–H and O–H groups in total. The fourth-order valence-corrected chi connectivity index (χ4v) is 2.74. The Hall–Kier alpha value is -1.36. The van der Waals surface area contributed by atoms with Crippen molar-refractivity contribution in [2.45, 2.75) is 46.1 Å². The average molecular weight is 249 g/mol. The number of hydrazine groups is 1. The highest BCUT2D eigenvalue weighted by atomic mass is 15.3. The first-order chi connectivity index (χ1) is 8.67. The molecule has 0 radical (unpaired) electrons. The quantitative estimate of drug-likeness (QED) is 0.563. The van der Waals surface area contributed by atoms with Crippen LogP contribution in [0.1, 0.15) is 39.2 Å². The molecule has 1 fully saturated rings. The Morgan fingerprint density at radius 3 is 2.56 bits per heavy atom. The number of nitrogens with two attached hydrogens (primary N) is 1. The van der Waals surface area contributed by atoms with E-state index < -0.39 is 0 Å². The lowest BCUT2D eigenvalue weighted by atomic mass is 9.97. The second kappa shape index (κ2) is 5.52. The molecule has 3 atom stereocenters. The van der Waals surface area contributed by atoms with Crippen LogP contribution in [0.3, 0.4) is 0 Å². The summed E-state index contributed by atoms with van der Waals surface area (Å²) in [4.78, 5) is 8.51. The summed E-state index contributed by atoms with van der Waals surface area (Å²) in [6.45, 7) is 6.72. The van der Waals surface area contributed by atoms with E-state index in [1.807, 2.05) is 0 Å². The average Bonchev–Trinajstić information content (AvgIpc) is 2.70. The van der Waals surface area contributed by atoms with Crippen molar-refractivity contribution >= 4 is 11.6 Å². The number of nitrogens with zero attached hydrogens (tertiary/aromatic N) is 2. The van der Waals surface area contributed by atoms with Crippen LogP contribution >= 0.6 is 0 Å². The number of anilines is 2. The maximum atomic E-state index is 5.48. The van der Waals surface area contributed by atoms with Crippen LogP contribution in [0.15, 0.2) is 6.33 Å². The summed E-state index contributed by atoms with van der Waals surface area (Å²) in [5, 5.41) is 3.57. The maximum Gasteiger partial charge on any atom is 0.148 e. The first kappa shape index (κ1) is 13.1. The van der Waals surface area contributed by atoms with E-state index in [-0.39, 0.29) is 0 Å². The van der Waals surface area contributed by atoms with Crippen molar-refractivity contribution in [1.29, 1.82) is 0 Å². The van der Waals surface area contributed by atoms with Gasteiger partial charge in [-0.05, 0) is 31.1 Å². The molecule has 2 rings (SSSR count). The molecule has 1 aliphatic carbocycles. The van der Waals surface area contributed by atoms with Gasteiger partial charge in [-0.15, -0.1) is 0 Å². The third kappa shape index (κ3) is 2.41. The predicted molar refractivity (Wildman–Crippen MR) is 74.2 cm³/mol. The summed E-state index contributed by atoms with van der Waals surface area (Å²) in [5.74, 6) is 8.58. The van der Waals surface area contributed by atoms with Gasteiger partial charge in [0.1, 0.15) is 18.0 Å². The monoisotopic (exact) mass is 249 g/mol. The molecule has 5 nitrogen and oxygen atoms in total. The Morgan fingerprint density at radius 2 is 2.00 bits per heavy atom. The predicted octanol–water partition coefficient (Wildman–Crippen LogP) is 2.17. The van der Waals surface area contributed by atoms with Crippen LogP contribution < -0.4 is 16.6 Å². The third-order valence-electron chi connectivity index (χ3n) is 4.22. The van der Waals surface area contributed by atoms with E-state index in [0.717, 1.165) is 23.7 Å². The van der Waals surface area contributed by atoms with Gasteiger partial charge in [-0.25, -0.2) is 15.8 Å². The largest absolute Gasteiger partial charge is 0.367 e.